The van der Waals surface area contributed by atoms with Gasteiger partial charge in [-0.15, -0.1) is 0 Å². The predicted molar refractivity (Wildman–Crippen MR) is 79.3 cm³/mol. The summed E-state index contributed by atoms with van der Waals surface area (Å²) in [6.45, 7) is 7.35. The molecule has 0 fully saturated rings. The molecule has 0 aromatic heterocycles. The van der Waals surface area contributed by atoms with E-state index in [-0.39, 0.29) is 0 Å². The summed E-state index contributed by atoms with van der Waals surface area (Å²) in [6.07, 6.45) is 0. The molecule has 98 valence electrons. The van der Waals surface area contributed by atoms with Crippen LogP contribution in [0.5, 0.6) is 0 Å². The van der Waals surface area contributed by atoms with Crippen LogP contribution >= 0.6 is 22.6 Å². The molecule has 0 aliphatic heterocycles. The Balaban J connectivity index is 3.02. The fraction of sp³-hybridized carbons (Fsp3) is 0.357. The van der Waals surface area contributed by atoms with Crippen LogP contribution < -0.4 is 0 Å². The highest BCUT2D eigenvalue weighted by Gasteiger charge is 2.31. The number of rotatable bonds is 5. The van der Waals surface area contributed by atoms with E-state index in [2.05, 4.69) is 29.2 Å². The minimum Gasteiger partial charge on any atom is -0.449 e. The van der Waals surface area contributed by atoms with Gasteiger partial charge in [0.15, 0.2) is 5.60 Å². The van der Waals surface area contributed by atoms with Crippen molar-refractivity contribution in [1.29, 1.82) is 0 Å². The van der Waals surface area contributed by atoms with Gasteiger partial charge in [0.05, 0.1) is 6.61 Å². The Morgan fingerprint density at radius 3 is 2.39 bits per heavy atom. The average Bonchev–Trinajstić information content (AvgIpc) is 2.29. The number of hydrogen-bond acceptors (Lipinski definition) is 3. The first-order chi connectivity index (χ1) is 8.39. The highest BCUT2D eigenvalue weighted by molar-refractivity contribution is 14.1. The molecule has 3 nitrogen and oxygen atoms in total. The number of ether oxygens (including phenoxy) is 2. The monoisotopic (exact) mass is 360 g/mol. The Hall–Kier alpha value is -0.880. The fourth-order valence-corrected chi connectivity index (χ4v) is 1.90. The second kappa shape index (κ2) is 6.33. The largest absolute Gasteiger partial charge is 0.449 e. The van der Waals surface area contributed by atoms with Crippen LogP contribution in [0.2, 0.25) is 0 Å². The van der Waals surface area contributed by atoms with Crippen LogP contribution in [-0.2, 0) is 19.9 Å². The predicted octanol–water partition coefficient (Wildman–Crippen LogP) is 3.27. The average molecular weight is 360 g/mol. The van der Waals surface area contributed by atoms with Gasteiger partial charge in [-0.3, -0.25) is 0 Å². The summed E-state index contributed by atoms with van der Waals surface area (Å²) < 4.78 is 11.8. The molecular formula is C14H17IO3. The molecule has 0 amide bonds. The van der Waals surface area contributed by atoms with Gasteiger partial charge in [-0.2, -0.15) is 0 Å². The maximum absolute atomic E-state index is 11.7. The van der Waals surface area contributed by atoms with Crippen LogP contribution in [0, 0.1) is 3.57 Å². The standard InChI is InChI=1S/C14H17IO3/c1-10(2)13(16)18-14(3,9-17-4)11-5-7-12(15)8-6-11/h5-8H,1,9H2,2-4H3. The van der Waals surface area contributed by atoms with E-state index < -0.39 is 11.6 Å². The number of methoxy groups -OCH3 is 1. The number of halogens is 1. The molecule has 0 aliphatic carbocycles. The second-order valence-corrected chi connectivity index (χ2v) is 5.59. The summed E-state index contributed by atoms with van der Waals surface area (Å²) in [5.74, 6) is -0.409. The number of carbonyl (C=O) groups is 1. The zero-order valence-corrected chi connectivity index (χ0v) is 13.0. The molecule has 0 heterocycles. The normalized spacial score (nSPS) is 13.8. The van der Waals surface area contributed by atoms with Crippen molar-refractivity contribution >= 4 is 28.6 Å². The highest BCUT2D eigenvalue weighted by Crippen LogP contribution is 2.27. The third-order valence-corrected chi connectivity index (χ3v) is 3.26. The first kappa shape index (κ1) is 15.2. The van der Waals surface area contributed by atoms with Crippen LogP contribution in [0.15, 0.2) is 36.4 Å². The lowest BCUT2D eigenvalue weighted by atomic mass is 9.96. The van der Waals surface area contributed by atoms with Crippen molar-refractivity contribution in [1.82, 2.24) is 0 Å². The van der Waals surface area contributed by atoms with E-state index in [0.717, 1.165) is 9.13 Å². The Bertz CT molecular complexity index is 439. The molecule has 4 heteroatoms. The summed E-state index contributed by atoms with van der Waals surface area (Å²) in [4.78, 5) is 11.7. The van der Waals surface area contributed by atoms with Gasteiger partial charge in [0, 0.05) is 16.3 Å². The van der Waals surface area contributed by atoms with Crippen molar-refractivity contribution in [2.75, 3.05) is 13.7 Å². The number of hydrogen-bond donors (Lipinski definition) is 0. The third-order valence-electron chi connectivity index (χ3n) is 2.54. The van der Waals surface area contributed by atoms with Gasteiger partial charge in [-0.25, -0.2) is 4.79 Å². The topological polar surface area (TPSA) is 35.5 Å². The van der Waals surface area contributed by atoms with Gasteiger partial charge < -0.3 is 9.47 Å². The molecular weight excluding hydrogens is 343 g/mol. The second-order valence-electron chi connectivity index (χ2n) is 4.34. The van der Waals surface area contributed by atoms with E-state index in [1.54, 1.807) is 14.0 Å². The molecule has 1 rings (SSSR count). The van der Waals surface area contributed by atoms with Crippen molar-refractivity contribution < 1.29 is 14.3 Å². The van der Waals surface area contributed by atoms with E-state index in [0.29, 0.717) is 12.2 Å². The number of esters is 1. The molecule has 0 radical (unpaired) electrons. The van der Waals surface area contributed by atoms with Gasteiger partial charge >= 0.3 is 5.97 Å². The summed E-state index contributed by atoms with van der Waals surface area (Å²) in [6, 6.07) is 7.82. The Labute approximate surface area is 121 Å². The summed E-state index contributed by atoms with van der Waals surface area (Å²) in [5.41, 5.74) is 0.483. The van der Waals surface area contributed by atoms with Crippen molar-refractivity contribution in [2.45, 2.75) is 19.4 Å². The van der Waals surface area contributed by atoms with Crippen molar-refractivity contribution in [3.63, 3.8) is 0 Å². The SMILES string of the molecule is C=C(C)C(=O)OC(C)(COC)c1ccc(I)cc1. The summed E-state index contributed by atoms with van der Waals surface area (Å²) >= 11 is 2.23. The van der Waals surface area contributed by atoms with Gasteiger partial charge in [0.2, 0.25) is 0 Å². The van der Waals surface area contributed by atoms with Gasteiger partial charge in [0.25, 0.3) is 0 Å². The lowest BCUT2D eigenvalue weighted by Gasteiger charge is -2.29. The third kappa shape index (κ3) is 3.81. The van der Waals surface area contributed by atoms with Crippen molar-refractivity contribution in [2.24, 2.45) is 0 Å². The minimum absolute atomic E-state index is 0.298. The van der Waals surface area contributed by atoms with Crippen LogP contribution in [0.25, 0.3) is 0 Å². The van der Waals surface area contributed by atoms with Gasteiger partial charge in [-0.05, 0) is 54.1 Å². The van der Waals surface area contributed by atoms with E-state index in [9.17, 15) is 4.79 Å². The molecule has 1 aromatic rings. The van der Waals surface area contributed by atoms with Crippen LogP contribution in [-0.4, -0.2) is 19.7 Å². The van der Waals surface area contributed by atoms with Crippen LogP contribution in [0.3, 0.4) is 0 Å². The first-order valence-electron chi connectivity index (χ1n) is 5.53. The smallest absolute Gasteiger partial charge is 0.334 e. The van der Waals surface area contributed by atoms with Gasteiger partial charge in [0.1, 0.15) is 0 Å². The molecule has 0 N–H and O–H groups in total. The number of benzene rings is 1. The number of carbonyl (C=O) groups excluding carboxylic acids is 1. The molecule has 1 unspecified atom stereocenters. The molecule has 18 heavy (non-hydrogen) atoms. The molecule has 0 spiro atoms. The molecule has 0 aliphatic rings. The van der Waals surface area contributed by atoms with Crippen LogP contribution in [0.1, 0.15) is 19.4 Å². The van der Waals surface area contributed by atoms with E-state index in [1.807, 2.05) is 31.2 Å². The highest BCUT2D eigenvalue weighted by atomic mass is 127. The molecule has 0 bridgehead atoms. The first-order valence-corrected chi connectivity index (χ1v) is 6.61. The quantitative estimate of drug-likeness (QED) is 0.459. The lowest BCUT2D eigenvalue weighted by Crippen LogP contribution is -2.34. The maximum atomic E-state index is 11.7. The van der Waals surface area contributed by atoms with E-state index in [4.69, 9.17) is 9.47 Å². The fourth-order valence-electron chi connectivity index (χ4n) is 1.54. The van der Waals surface area contributed by atoms with Crippen LogP contribution in [0.4, 0.5) is 0 Å². The Kier molecular flexibility index (Phi) is 5.34. The van der Waals surface area contributed by atoms with E-state index in [1.165, 1.54) is 0 Å². The summed E-state index contributed by atoms with van der Waals surface area (Å²) in [7, 11) is 1.58. The molecule has 0 saturated heterocycles. The minimum atomic E-state index is -0.797. The molecule has 0 saturated carbocycles. The Morgan fingerprint density at radius 1 is 1.39 bits per heavy atom. The Morgan fingerprint density at radius 2 is 1.94 bits per heavy atom. The zero-order chi connectivity index (χ0) is 13.8. The molecule has 1 atom stereocenters. The maximum Gasteiger partial charge on any atom is 0.334 e. The zero-order valence-electron chi connectivity index (χ0n) is 10.8. The van der Waals surface area contributed by atoms with Crippen molar-refractivity contribution in [3.8, 4) is 0 Å². The lowest BCUT2D eigenvalue weighted by molar-refractivity contribution is -0.159. The molecule has 1 aromatic carbocycles. The van der Waals surface area contributed by atoms with Gasteiger partial charge in [-0.1, -0.05) is 18.7 Å². The summed E-state index contributed by atoms with van der Waals surface area (Å²) in [5, 5.41) is 0. The van der Waals surface area contributed by atoms with E-state index >= 15 is 0 Å². The van der Waals surface area contributed by atoms with Crippen molar-refractivity contribution in [3.05, 3.63) is 45.6 Å².